The standard InChI is InChI=1S/C21H24FIO5/c1-21(23,14-20(26)27-2)13-17(24)7-5-3-4-6-8-18(25)15-28-19-11-9-16(22)10-12-19/h3-4,6,8-12,17-18,24-25H,13-15H2,1-2H3/b4-3+,8-6+/t17-,18+,21?/m1/s1. The van der Waals surface area contributed by atoms with Crippen LogP contribution in [-0.2, 0) is 9.53 Å². The fourth-order valence-corrected chi connectivity index (χ4v) is 2.84. The van der Waals surface area contributed by atoms with Crippen LogP contribution in [0.5, 0.6) is 5.75 Å². The Morgan fingerprint density at radius 2 is 2.00 bits per heavy atom. The van der Waals surface area contributed by atoms with Crippen LogP contribution in [0.15, 0.2) is 48.6 Å². The number of hydrogen-bond acceptors (Lipinski definition) is 5. The van der Waals surface area contributed by atoms with Crippen LogP contribution in [0.4, 0.5) is 4.39 Å². The largest absolute Gasteiger partial charge is 0.491 e. The Labute approximate surface area is 178 Å². The van der Waals surface area contributed by atoms with Gasteiger partial charge in [0.1, 0.15) is 30.4 Å². The number of halogens is 2. The number of aliphatic hydroxyl groups is 2. The van der Waals surface area contributed by atoms with Crippen molar-refractivity contribution in [2.24, 2.45) is 0 Å². The van der Waals surface area contributed by atoms with E-state index in [4.69, 9.17) is 4.74 Å². The van der Waals surface area contributed by atoms with Crippen molar-refractivity contribution in [1.82, 2.24) is 0 Å². The van der Waals surface area contributed by atoms with Gasteiger partial charge in [-0.25, -0.2) is 4.39 Å². The molecule has 5 nitrogen and oxygen atoms in total. The second-order valence-corrected chi connectivity index (χ2v) is 8.86. The molecule has 0 aromatic heterocycles. The molecule has 0 aliphatic carbocycles. The average Bonchev–Trinajstić information content (AvgIpc) is 2.63. The lowest BCUT2D eigenvalue weighted by Gasteiger charge is -2.21. The number of alkyl halides is 1. The fraction of sp³-hybridized carbons (Fsp3) is 0.381. The van der Waals surface area contributed by atoms with E-state index in [0.717, 1.165) is 0 Å². The van der Waals surface area contributed by atoms with E-state index in [9.17, 15) is 19.4 Å². The molecule has 0 fully saturated rings. The minimum Gasteiger partial charge on any atom is -0.491 e. The van der Waals surface area contributed by atoms with Gasteiger partial charge in [0.05, 0.1) is 13.5 Å². The van der Waals surface area contributed by atoms with E-state index in [1.807, 2.05) is 6.92 Å². The van der Waals surface area contributed by atoms with Crippen LogP contribution in [0.2, 0.25) is 0 Å². The van der Waals surface area contributed by atoms with Gasteiger partial charge in [0.25, 0.3) is 0 Å². The Morgan fingerprint density at radius 1 is 1.32 bits per heavy atom. The van der Waals surface area contributed by atoms with Gasteiger partial charge in [-0.15, -0.1) is 0 Å². The van der Waals surface area contributed by atoms with Gasteiger partial charge in [-0.05, 0) is 43.7 Å². The summed E-state index contributed by atoms with van der Waals surface area (Å²) >= 11 is 2.11. The number of hydrogen-bond donors (Lipinski definition) is 2. The quantitative estimate of drug-likeness (QED) is 0.179. The number of ether oxygens (including phenoxy) is 2. The molecular formula is C21H24FIO5. The van der Waals surface area contributed by atoms with Crippen molar-refractivity contribution in [1.29, 1.82) is 0 Å². The zero-order valence-corrected chi connectivity index (χ0v) is 17.9. The molecular weight excluding hydrogens is 478 g/mol. The second kappa shape index (κ2) is 12.5. The lowest BCUT2D eigenvalue weighted by molar-refractivity contribution is -0.141. The first-order chi connectivity index (χ1) is 13.2. The lowest BCUT2D eigenvalue weighted by atomic mass is 10.0. The SMILES string of the molecule is COC(=O)CC(C)(I)C[C@H](O)C#C/C=C/C=C/[C@H](O)COc1ccc(F)cc1. The molecule has 0 spiro atoms. The van der Waals surface area contributed by atoms with Gasteiger partial charge in [-0.3, -0.25) is 4.79 Å². The number of benzene rings is 1. The summed E-state index contributed by atoms with van der Waals surface area (Å²) in [6.07, 6.45) is 5.13. The first-order valence-electron chi connectivity index (χ1n) is 8.56. The smallest absolute Gasteiger partial charge is 0.306 e. The van der Waals surface area contributed by atoms with Crippen LogP contribution in [0.3, 0.4) is 0 Å². The normalized spacial score (nSPS) is 15.5. The van der Waals surface area contributed by atoms with Crippen LogP contribution >= 0.6 is 22.6 Å². The van der Waals surface area contributed by atoms with Crippen molar-refractivity contribution in [3.05, 3.63) is 54.4 Å². The van der Waals surface area contributed by atoms with Gasteiger partial charge in [-0.2, -0.15) is 0 Å². The molecule has 0 saturated carbocycles. The number of allylic oxidation sites excluding steroid dienone is 3. The average molecular weight is 502 g/mol. The molecule has 1 aromatic carbocycles. The third-order valence-electron chi connectivity index (χ3n) is 3.47. The highest BCUT2D eigenvalue weighted by Crippen LogP contribution is 2.28. The van der Waals surface area contributed by atoms with Crippen LogP contribution in [0.1, 0.15) is 19.8 Å². The molecule has 0 aliphatic heterocycles. The van der Waals surface area contributed by atoms with E-state index in [2.05, 4.69) is 39.2 Å². The number of rotatable bonds is 9. The van der Waals surface area contributed by atoms with Crippen molar-refractivity contribution < 1.29 is 28.9 Å². The fourth-order valence-electron chi connectivity index (χ4n) is 2.11. The minimum absolute atomic E-state index is 0.0365. The molecule has 1 unspecified atom stereocenters. The van der Waals surface area contributed by atoms with Crippen molar-refractivity contribution in [2.45, 2.75) is 35.4 Å². The number of carbonyl (C=O) groups is 1. The number of aliphatic hydroxyl groups excluding tert-OH is 2. The highest BCUT2D eigenvalue weighted by molar-refractivity contribution is 14.1. The maximum absolute atomic E-state index is 12.8. The summed E-state index contributed by atoms with van der Waals surface area (Å²) in [4.78, 5) is 11.3. The van der Waals surface area contributed by atoms with Crippen molar-refractivity contribution in [3.63, 3.8) is 0 Å². The van der Waals surface area contributed by atoms with E-state index >= 15 is 0 Å². The van der Waals surface area contributed by atoms with E-state index in [-0.39, 0.29) is 24.8 Å². The highest BCUT2D eigenvalue weighted by Gasteiger charge is 2.27. The molecule has 1 aromatic rings. The number of methoxy groups -OCH3 is 1. The maximum atomic E-state index is 12.8. The van der Waals surface area contributed by atoms with Crippen LogP contribution < -0.4 is 4.74 Å². The zero-order valence-electron chi connectivity index (χ0n) is 15.8. The van der Waals surface area contributed by atoms with E-state index < -0.39 is 15.6 Å². The predicted octanol–water partition coefficient (Wildman–Crippen LogP) is 3.19. The van der Waals surface area contributed by atoms with Crippen LogP contribution in [0, 0.1) is 17.7 Å². The third kappa shape index (κ3) is 11.1. The van der Waals surface area contributed by atoms with Gasteiger partial charge in [0.15, 0.2) is 0 Å². The lowest BCUT2D eigenvalue weighted by Crippen LogP contribution is -2.26. The predicted molar refractivity (Wildman–Crippen MR) is 114 cm³/mol. The van der Waals surface area contributed by atoms with Crippen LogP contribution in [-0.4, -0.2) is 45.5 Å². The van der Waals surface area contributed by atoms with Crippen molar-refractivity contribution in [2.75, 3.05) is 13.7 Å². The minimum atomic E-state index is -0.866. The van der Waals surface area contributed by atoms with Gasteiger partial charge in [-0.1, -0.05) is 52.7 Å². The summed E-state index contributed by atoms with van der Waals surface area (Å²) in [7, 11) is 1.33. The molecule has 0 aliphatic rings. The molecule has 0 amide bonds. The highest BCUT2D eigenvalue weighted by atomic mass is 127. The van der Waals surface area contributed by atoms with E-state index in [1.54, 1.807) is 12.2 Å². The summed E-state index contributed by atoms with van der Waals surface area (Å²) in [5, 5.41) is 19.7. The van der Waals surface area contributed by atoms with E-state index in [1.165, 1.54) is 43.5 Å². The topological polar surface area (TPSA) is 76.0 Å². The summed E-state index contributed by atoms with van der Waals surface area (Å²) < 4.78 is 22.3. The molecule has 0 radical (unpaired) electrons. The molecule has 0 bridgehead atoms. The van der Waals surface area contributed by atoms with Gasteiger partial charge >= 0.3 is 5.97 Å². The Balaban J connectivity index is 2.36. The molecule has 28 heavy (non-hydrogen) atoms. The van der Waals surface area contributed by atoms with Gasteiger partial charge < -0.3 is 19.7 Å². The monoisotopic (exact) mass is 502 g/mol. The first-order valence-corrected chi connectivity index (χ1v) is 9.64. The van der Waals surface area contributed by atoms with Gasteiger partial charge in [0.2, 0.25) is 0 Å². The third-order valence-corrected chi connectivity index (χ3v) is 4.29. The van der Waals surface area contributed by atoms with Crippen LogP contribution in [0.25, 0.3) is 0 Å². The maximum Gasteiger partial charge on any atom is 0.306 e. The molecule has 0 heterocycles. The Morgan fingerprint density at radius 3 is 2.64 bits per heavy atom. The summed E-state index contributed by atoms with van der Waals surface area (Å²) in [5.41, 5.74) is 0. The van der Waals surface area contributed by atoms with E-state index in [0.29, 0.717) is 12.2 Å². The van der Waals surface area contributed by atoms with Crippen molar-refractivity contribution in [3.8, 4) is 17.6 Å². The Kier molecular flexibility index (Phi) is 10.8. The Hall–Kier alpha value is -1.89. The second-order valence-electron chi connectivity index (χ2n) is 6.25. The Bertz CT molecular complexity index is 731. The molecule has 0 saturated heterocycles. The number of esters is 1. The summed E-state index contributed by atoms with van der Waals surface area (Å²) in [5.74, 6) is 5.18. The summed E-state index contributed by atoms with van der Waals surface area (Å²) in [6, 6.07) is 5.53. The number of carbonyl (C=O) groups excluding carboxylic acids is 1. The molecule has 1 rings (SSSR count). The summed E-state index contributed by atoms with van der Waals surface area (Å²) in [6.45, 7) is 1.89. The van der Waals surface area contributed by atoms with Gasteiger partial charge in [0, 0.05) is 3.42 Å². The zero-order chi connectivity index (χ0) is 21.0. The molecule has 7 heteroatoms. The molecule has 3 atom stereocenters. The molecule has 152 valence electrons. The van der Waals surface area contributed by atoms with Crippen molar-refractivity contribution >= 4 is 28.6 Å². The molecule has 2 N–H and O–H groups in total. The first kappa shape index (κ1) is 24.1.